The summed E-state index contributed by atoms with van der Waals surface area (Å²) in [7, 11) is 1.45. The summed E-state index contributed by atoms with van der Waals surface area (Å²) in [6.07, 6.45) is 3.69. The number of hydrogen-bond donors (Lipinski definition) is 4. The standard InChI is InChI=1S/C20H20ClF2N5O3/c1-24-16(29)14-15(26-9-25-14)17(30)28-20-4-2-19(8-20,3-5-20)18(31)27-13-11(21)6-10(22)7-12(13)23/h6-7,9H,2-5,8H2,1H3,(H,24,29)(H,25,26)(H,27,31)(H,28,30). The summed E-state index contributed by atoms with van der Waals surface area (Å²) < 4.78 is 27.4. The number of halogens is 3. The van der Waals surface area contributed by atoms with Crippen molar-refractivity contribution in [2.75, 3.05) is 12.4 Å². The Kier molecular flexibility index (Phi) is 5.20. The Balaban J connectivity index is 1.49. The minimum absolute atomic E-state index is 0.0252. The Morgan fingerprint density at radius 1 is 1.13 bits per heavy atom. The summed E-state index contributed by atoms with van der Waals surface area (Å²) in [6.45, 7) is 0. The van der Waals surface area contributed by atoms with Gasteiger partial charge in [-0.3, -0.25) is 14.4 Å². The molecule has 4 N–H and O–H groups in total. The Labute approximate surface area is 181 Å². The second-order valence-corrected chi connectivity index (χ2v) is 8.50. The number of rotatable bonds is 5. The van der Waals surface area contributed by atoms with Crippen molar-refractivity contribution in [3.8, 4) is 0 Å². The number of imidazole rings is 1. The van der Waals surface area contributed by atoms with Crippen LogP contribution in [-0.2, 0) is 4.79 Å². The zero-order chi connectivity index (χ0) is 22.4. The van der Waals surface area contributed by atoms with Crippen LogP contribution in [0.5, 0.6) is 0 Å². The van der Waals surface area contributed by atoms with E-state index in [4.69, 9.17) is 11.6 Å². The van der Waals surface area contributed by atoms with Crippen LogP contribution in [0.3, 0.4) is 0 Å². The fourth-order valence-electron chi connectivity index (χ4n) is 4.66. The summed E-state index contributed by atoms with van der Waals surface area (Å²) in [4.78, 5) is 44.3. The van der Waals surface area contributed by atoms with Crippen molar-refractivity contribution in [3.63, 3.8) is 0 Å². The number of aromatic amines is 1. The van der Waals surface area contributed by atoms with Crippen molar-refractivity contribution in [2.24, 2.45) is 5.41 Å². The number of hydrogen-bond acceptors (Lipinski definition) is 4. The van der Waals surface area contributed by atoms with Crippen LogP contribution in [0, 0.1) is 17.0 Å². The lowest BCUT2D eigenvalue weighted by molar-refractivity contribution is -0.125. The van der Waals surface area contributed by atoms with Gasteiger partial charge in [-0.25, -0.2) is 13.8 Å². The van der Waals surface area contributed by atoms with E-state index in [0.29, 0.717) is 38.2 Å². The normalized spacial score (nSPS) is 24.1. The molecule has 8 nitrogen and oxygen atoms in total. The molecular formula is C20H20ClF2N5O3. The monoisotopic (exact) mass is 451 g/mol. The van der Waals surface area contributed by atoms with Crippen LogP contribution in [0.25, 0.3) is 0 Å². The summed E-state index contributed by atoms with van der Waals surface area (Å²) in [5.41, 5.74) is -1.66. The van der Waals surface area contributed by atoms with Crippen molar-refractivity contribution in [1.29, 1.82) is 0 Å². The van der Waals surface area contributed by atoms with E-state index < -0.39 is 40.3 Å². The van der Waals surface area contributed by atoms with Crippen LogP contribution in [-0.4, -0.2) is 40.3 Å². The van der Waals surface area contributed by atoms with Gasteiger partial charge in [0.25, 0.3) is 11.8 Å². The first kappa shape index (κ1) is 21.2. The maximum Gasteiger partial charge on any atom is 0.272 e. The maximum absolute atomic E-state index is 14.1. The molecule has 31 heavy (non-hydrogen) atoms. The molecule has 1 heterocycles. The van der Waals surface area contributed by atoms with E-state index in [0.717, 1.165) is 6.07 Å². The van der Waals surface area contributed by atoms with Crippen molar-refractivity contribution in [3.05, 3.63) is 46.5 Å². The molecule has 2 aliphatic rings. The lowest BCUT2D eigenvalue weighted by atomic mass is 9.83. The van der Waals surface area contributed by atoms with E-state index in [2.05, 4.69) is 25.9 Å². The van der Waals surface area contributed by atoms with Gasteiger partial charge in [-0.15, -0.1) is 0 Å². The van der Waals surface area contributed by atoms with Gasteiger partial charge in [0, 0.05) is 18.7 Å². The first-order chi connectivity index (χ1) is 14.7. The van der Waals surface area contributed by atoms with Gasteiger partial charge in [0.05, 0.1) is 22.5 Å². The van der Waals surface area contributed by atoms with Gasteiger partial charge in [0.1, 0.15) is 11.5 Å². The van der Waals surface area contributed by atoms with Crippen molar-refractivity contribution in [1.82, 2.24) is 20.6 Å². The zero-order valence-electron chi connectivity index (χ0n) is 16.6. The molecule has 2 aromatic rings. The summed E-state index contributed by atoms with van der Waals surface area (Å²) in [5.74, 6) is -3.18. The summed E-state index contributed by atoms with van der Waals surface area (Å²) in [5, 5.41) is 7.66. The highest BCUT2D eigenvalue weighted by molar-refractivity contribution is 6.33. The third kappa shape index (κ3) is 3.65. The van der Waals surface area contributed by atoms with Crippen LogP contribution < -0.4 is 16.0 Å². The highest BCUT2D eigenvalue weighted by Crippen LogP contribution is 2.57. The van der Waals surface area contributed by atoms with Crippen LogP contribution in [0.15, 0.2) is 18.5 Å². The average Bonchev–Trinajstić information content (AvgIpc) is 3.43. The Morgan fingerprint density at radius 3 is 2.48 bits per heavy atom. The lowest BCUT2D eigenvalue weighted by Crippen LogP contribution is -2.45. The van der Waals surface area contributed by atoms with Gasteiger partial charge in [-0.05, 0) is 38.2 Å². The molecule has 0 atom stereocenters. The molecule has 1 aromatic carbocycles. The number of H-pyrrole nitrogens is 1. The van der Waals surface area contributed by atoms with E-state index in [1.54, 1.807) is 0 Å². The number of fused-ring (bicyclic) bond motifs is 2. The van der Waals surface area contributed by atoms with Gasteiger partial charge in [0.2, 0.25) is 5.91 Å². The number of nitrogens with zero attached hydrogens (tertiary/aromatic N) is 1. The molecule has 2 fully saturated rings. The number of aromatic nitrogens is 2. The lowest BCUT2D eigenvalue weighted by Gasteiger charge is -2.28. The number of benzene rings is 1. The maximum atomic E-state index is 14.1. The van der Waals surface area contributed by atoms with Crippen molar-refractivity contribution < 1.29 is 23.2 Å². The van der Waals surface area contributed by atoms with Gasteiger partial charge in [-0.2, -0.15) is 0 Å². The van der Waals surface area contributed by atoms with E-state index in [1.807, 2.05) is 0 Å². The predicted octanol–water partition coefficient (Wildman–Crippen LogP) is 2.77. The van der Waals surface area contributed by atoms with E-state index in [1.165, 1.54) is 13.4 Å². The minimum atomic E-state index is -0.953. The zero-order valence-corrected chi connectivity index (χ0v) is 17.3. The van der Waals surface area contributed by atoms with Gasteiger partial charge in [-0.1, -0.05) is 11.6 Å². The van der Waals surface area contributed by atoms with Gasteiger partial charge >= 0.3 is 0 Å². The second kappa shape index (κ2) is 7.60. The summed E-state index contributed by atoms with van der Waals surface area (Å²) >= 11 is 5.90. The van der Waals surface area contributed by atoms with Crippen LogP contribution in [0.4, 0.5) is 14.5 Å². The third-order valence-electron chi connectivity index (χ3n) is 6.26. The van der Waals surface area contributed by atoms with Gasteiger partial charge in [0.15, 0.2) is 11.5 Å². The molecule has 0 radical (unpaired) electrons. The Hall–Kier alpha value is -3.01. The SMILES string of the molecule is CNC(=O)c1[nH]cnc1C(=O)NC12CCC(C(=O)Nc3c(F)cc(F)cc3Cl)(CC1)C2. The fourth-order valence-corrected chi connectivity index (χ4v) is 4.90. The molecule has 4 rings (SSSR count). The second-order valence-electron chi connectivity index (χ2n) is 8.10. The number of carbonyl (C=O) groups excluding carboxylic acids is 3. The average molecular weight is 452 g/mol. The third-order valence-corrected chi connectivity index (χ3v) is 6.55. The first-order valence-electron chi connectivity index (χ1n) is 9.73. The van der Waals surface area contributed by atoms with E-state index >= 15 is 0 Å². The van der Waals surface area contributed by atoms with E-state index in [-0.39, 0.29) is 22.1 Å². The number of amides is 3. The number of carbonyl (C=O) groups is 3. The molecule has 0 unspecified atom stereocenters. The molecule has 2 bridgehead atoms. The Morgan fingerprint density at radius 2 is 1.84 bits per heavy atom. The molecule has 11 heteroatoms. The predicted molar refractivity (Wildman–Crippen MR) is 108 cm³/mol. The smallest absolute Gasteiger partial charge is 0.272 e. The Bertz CT molecular complexity index is 1060. The van der Waals surface area contributed by atoms with Crippen LogP contribution >= 0.6 is 11.6 Å². The molecule has 2 saturated carbocycles. The molecule has 164 valence electrons. The molecule has 2 aliphatic carbocycles. The highest BCUT2D eigenvalue weighted by Gasteiger charge is 2.58. The summed E-state index contributed by atoms with van der Waals surface area (Å²) in [6, 6.07) is 1.58. The molecule has 1 aromatic heterocycles. The van der Waals surface area contributed by atoms with E-state index in [9.17, 15) is 23.2 Å². The molecule has 0 aliphatic heterocycles. The molecular weight excluding hydrogens is 432 g/mol. The minimum Gasteiger partial charge on any atom is -0.354 e. The largest absolute Gasteiger partial charge is 0.354 e. The molecule has 0 spiro atoms. The van der Waals surface area contributed by atoms with Crippen LogP contribution in [0.1, 0.15) is 53.1 Å². The number of nitrogens with one attached hydrogen (secondary N) is 4. The van der Waals surface area contributed by atoms with Crippen molar-refractivity contribution in [2.45, 2.75) is 37.6 Å². The fraction of sp³-hybridized carbons (Fsp3) is 0.400. The van der Waals surface area contributed by atoms with Gasteiger partial charge < -0.3 is 20.9 Å². The van der Waals surface area contributed by atoms with Crippen LogP contribution in [0.2, 0.25) is 5.02 Å². The number of anilines is 1. The highest BCUT2D eigenvalue weighted by atomic mass is 35.5. The molecule has 0 saturated heterocycles. The molecule has 3 amide bonds. The van der Waals surface area contributed by atoms with Crippen molar-refractivity contribution >= 4 is 35.0 Å². The quantitative estimate of drug-likeness (QED) is 0.559. The first-order valence-corrected chi connectivity index (χ1v) is 10.1. The topological polar surface area (TPSA) is 116 Å².